The molecule has 0 radical (unpaired) electrons. The van der Waals surface area contributed by atoms with Gasteiger partial charge in [-0.2, -0.15) is 12.6 Å². The molecule has 2 aliphatic heterocycles. The van der Waals surface area contributed by atoms with E-state index in [0.717, 1.165) is 64.9 Å². The number of anilines is 1. The largest absolute Gasteiger partial charge is 0.400 e. The van der Waals surface area contributed by atoms with Crippen molar-refractivity contribution in [2.45, 2.75) is 83.5 Å². The summed E-state index contributed by atoms with van der Waals surface area (Å²) in [6.07, 6.45) is 0.871. The van der Waals surface area contributed by atoms with Crippen LogP contribution in [0.3, 0.4) is 0 Å². The van der Waals surface area contributed by atoms with E-state index >= 15 is 0 Å². The van der Waals surface area contributed by atoms with Gasteiger partial charge >= 0.3 is 0 Å². The monoisotopic (exact) mass is 838 g/mol. The molecular weight excluding hydrogens is 788 g/mol. The van der Waals surface area contributed by atoms with Gasteiger partial charge in [0.25, 0.3) is 23.6 Å². The molecule has 2 aliphatic rings. The highest BCUT2D eigenvalue weighted by atomic mass is 32.1. The van der Waals surface area contributed by atoms with Crippen LogP contribution in [0.25, 0.3) is 53.9 Å². The van der Waals surface area contributed by atoms with Crippen molar-refractivity contribution in [1.82, 2.24) is 4.90 Å². The molecule has 8 nitrogen and oxygen atoms in total. The lowest BCUT2D eigenvalue weighted by atomic mass is 9.81. The van der Waals surface area contributed by atoms with Crippen molar-refractivity contribution < 1.29 is 29.0 Å². The van der Waals surface area contributed by atoms with Gasteiger partial charge in [-0.25, -0.2) is 4.90 Å². The Morgan fingerprint density at radius 3 is 1.53 bits per heavy atom. The van der Waals surface area contributed by atoms with E-state index in [9.17, 15) is 19.2 Å². The number of benzene rings is 7. The van der Waals surface area contributed by atoms with Crippen molar-refractivity contribution in [2.75, 3.05) is 18.2 Å². The molecule has 0 aromatic heterocycles. The predicted octanol–water partition coefficient (Wildman–Crippen LogP) is 10.9. The van der Waals surface area contributed by atoms with Gasteiger partial charge in [0.1, 0.15) is 0 Å². The number of ether oxygens (including phenoxy) is 1. The third kappa shape index (κ3) is 6.22. The molecule has 5 unspecified atom stereocenters. The molecule has 1 N–H and O–H groups in total. The number of amides is 4. The molecule has 10 heteroatoms. The number of carbonyl (C=O) groups is 4. The molecule has 7 aromatic carbocycles. The Bertz CT molecular complexity index is 2800. The molecule has 5 atom stereocenters. The lowest BCUT2D eigenvalue weighted by Crippen LogP contribution is -2.57. The first-order valence-electron chi connectivity index (χ1n) is 20.6. The smallest absolute Gasteiger partial charge is 0.266 e. The summed E-state index contributed by atoms with van der Waals surface area (Å²) in [4.78, 5) is 60.6. The van der Waals surface area contributed by atoms with E-state index in [0.29, 0.717) is 50.3 Å². The fourth-order valence-electron chi connectivity index (χ4n) is 9.22. The van der Waals surface area contributed by atoms with Crippen molar-refractivity contribution in [3.05, 3.63) is 113 Å². The van der Waals surface area contributed by atoms with Crippen molar-refractivity contribution in [3.8, 4) is 0 Å². The van der Waals surface area contributed by atoms with E-state index in [1.54, 1.807) is 0 Å². The Balaban J connectivity index is 0.00000246. The second kappa shape index (κ2) is 15.2. The highest BCUT2D eigenvalue weighted by Gasteiger charge is 2.46. The highest BCUT2D eigenvalue weighted by molar-refractivity contribution is 7.82. The summed E-state index contributed by atoms with van der Waals surface area (Å²) in [7, 11) is 1.74. The van der Waals surface area contributed by atoms with Crippen LogP contribution in [0.5, 0.6) is 0 Å². The number of carbonyl (C=O) groups excluding carboxylic acids is 4. The van der Waals surface area contributed by atoms with Crippen LogP contribution in [0, 0.1) is 5.92 Å². The first-order valence-corrected chi connectivity index (χ1v) is 22.3. The van der Waals surface area contributed by atoms with Gasteiger partial charge < -0.3 is 9.84 Å². The average Bonchev–Trinajstić information content (AvgIpc) is 3.23. The van der Waals surface area contributed by atoms with Crippen LogP contribution in [-0.4, -0.2) is 75.1 Å². The summed E-state index contributed by atoms with van der Waals surface area (Å²) in [5.41, 5.74) is 1.80. The summed E-state index contributed by atoms with van der Waals surface area (Å²) in [6.45, 7) is 16.6. The van der Waals surface area contributed by atoms with Crippen LogP contribution in [0.2, 0.25) is 0 Å². The van der Waals surface area contributed by atoms with Crippen molar-refractivity contribution >= 4 is 104 Å². The zero-order chi connectivity index (χ0) is 43.2. The lowest BCUT2D eigenvalue weighted by Gasteiger charge is -2.45. The van der Waals surface area contributed by atoms with Gasteiger partial charge in [-0.15, -0.1) is 8.58 Å². The van der Waals surface area contributed by atoms with E-state index in [2.05, 4.69) is 27.7 Å². The first-order chi connectivity index (χ1) is 28.5. The summed E-state index contributed by atoms with van der Waals surface area (Å²) in [5, 5.41) is 15.0. The minimum absolute atomic E-state index is 0.257. The lowest BCUT2D eigenvalue weighted by molar-refractivity contribution is -0.106. The fraction of sp³-hybridized carbons (Fsp3) is 0.320. The van der Waals surface area contributed by atoms with Crippen LogP contribution in [0.15, 0.2) is 91.0 Å². The van der Waals surface area contributed by atoms with Gasteiger partial charge in [0.15, 0.2) is 0 Å². The second-order valence-electron chi connectivity index (χ2n) is 17.4. The van der Waals surface area contributed by atoms with Crippen molar-refractivity contribution in [1.29, 1.82) is 0 Å². The number of hydrogen-bond donors (Lipinski definition) is 2. The third-order valence-corrected chi connectivity index (χ3v) is 16.3. The molecule has 0 spiro atoms. The topological polar surface area (TPSA) is 104 Å². The number of nitrogens with zero attached hydrogens (tertiary/aromatic N) is 2. The first kappa shape index (κ1) is 41.8. The maximum Gasteiger partial charge on any atom is 0.266 e. The Morgan fingerprint density at radius 2 is 1.05 bits per heavy atom. The predicted molar refractivity (Wildman–Crippen MR) is 250 cm³/mol. The molecule has 9 rings (SSSR count). The van der Waals surface area contributed by atoms with E-state index < -0.39 is 16.4 Å². The van der Waals surface area contributed by atoms with Gasteiger partial charge in [0, 0.05) is 50.3 Å². The van der Waals surface area contributed by atoms with Crippen LogP contribution in [-0.2, 0) is 4.74 Å². The van der Waals surface area contributed by atoms with E-state index in [1.807, 2.05) is 119 Å². The Labute approximate surface area is 357 Å². The number of thiol groups is 1. The molecule has 0 aliphatic carbocycles. The Morgan fingerprint density at radius 1 is 0.600 bits per heavy atom. The minimum Gasteiger partial charge on any atom is -0.400 e. The van der Waals surface area contributed by atoms with Crippen LogP contribution in [0.4, 0.5) is 5.69 Å². The van der Waals surface area contributed by atoms with Gasteiger partial charge in [-0.3, -0.25) is 24.1 Å². The Kier molecular flexibility index (Phi) is 10.6. The molecule has 60 heavy (non-hydrogen) atoms. The number of fused-ring (bicyclic) bond motifs is 3. The summed E-state index contributed by atoms with van der Waals surface area (Å²) in [6, 6.07) is 27.8. The summed E-state index contributed by atoms with van der Waals surface area (Å²) < 4.78 is 6.35. The molecule has 0 fully saturated rings. The summed E-state index contributed by atoms with van der Waals surface area (Å²) >= 11 is 5.12. The fourth-order valence-corrected chi connectivity index (χ4v) is 11.0. The van der Waals surface area contributed by atoms with Gasteiger partial charge in [0.05, 0.1) is 23.4 Å². The van der Waals surface area contributed by atoms with E-state index in [1.165, 1.54) is 9.80 Å². The van der Waals surface area contributed by atoms with Crippen LogP contribution >= 0.6 is 21.2 Å². The number of hydrogen-bond acceptors (Lipinski definition) is 7. The molecule has 308 valence electrons. The molecule has 0 bridgehead atoms. The van der Waals surface area contributed by atoms with E-state index in [-0.39, 0.29) is 29.7 Å². The highest BCUT2D eigenvalue weighted by Crippen LogP contribution is 2.48. The van der Waals surface area contributed by atoms with Crippen LogP contribution < -0.4 is 4.90 Å². The summed E-state index contributed by atoms with van der Waals surface area (Å²) in [5.74, 6) is -0.866. The SMILES string of the molecule is CC(C)CPC(C)C(C)(S)C(C)OC(C)(C)C(C)N1C(=O)c2ccc3c4ccc5c6c(ccc(c7ccc(c2c37)C1=O)c64)C(=O)N(c1cccc2ccccc12)C5=O.CO. The molecule has 7 aromatic rings. The van der Waals surface area contributed by atoms with E-state index in [4.69, 9.17) is 22.5 Å². The normalized spacial score (nSPS) is 17.1. The standard InChI is InChI=1S/C49H47N2O5PS.CH4O/c1-25(2)24-57-28(5)49(8,58)27(4)56-48(6,7)26(3)50-44(52)35-20-16-31-33-18-22-37-43-38(23-19-34(41(33)43)32-17-21-36(45(50)53)42(35)40(31)32)47(55)51(46(37)54)39-15-11-13-29-12-9-10-14-30(29)39;1-2/h9-23,25-28,57-58H,24H2,1-8H3;2H,1H3. The number of rotatable bonds is 10. The number of imide groups is 2. The molecular formula is C50H51N2O6PS. The van der Waals surface area contributed by atoms with Gasteiger partial charge in [-0.05, 0) is 120 Å². The number of aliphatic hydroxyl groups is 1. The molecule has 2 heterocycles. The van der Waals surface area contributed by atoms with Gasteiger partial charge in [-0.1, -0.05) is 81.4 Å². The van der Waals surface area contributed by atoms with Gasteiger partial charge in [0.2, 0.25) is 0 Å². The van der Waals surface area contributed by atoms with Crippen LogP contribution in [0.1, 0.15) is 96.8 Å². The third-order valence-electron chi connectivity index (χ3n) is 13.1. The second-order valence-corrected chi connectivity index (χ2v) is 20.0. The quantitative estimate of drug-likeness (QED) is 0.0467. The Hall–Kier alpha value is -4.92. The maximum atomic E-state index is 14.6. The van der Waals surface area contributed by atoms with Crippen molar-refractivity contribution in [3.63, 3.8) is 0 Å². The zero-order valence-electron chi connectivity index (χ0n) is 35.5. The zero-order valence-corrected chi connectivity index (χ0v) is 37.4. The average molecular weight is 839 g/mol. The molecule has 0 saturated carbocycles. The number of aliphatic hydroxyl groups excluding tert-OH is 1. The van der Waals surface area contributed by atoms with Crippen molar-refractivity contribution in [2.24, 2.45) is 5.92 Å². The maximum absolute atomic E-state index is 14.6. The molecule has 0 saturated heterocycles. The minimum atomic E-state index is -0.884. The molecule has 4 amide bonds.